The first-order chi connectivity index (χ1) is 15.6. The zero-order chi connectivity index (χ0) is 22.3. The summed E-state index contributed by atoms with van der Waals surface area (Å²) in [6.07, 6.45) is 3.63. The third-order valence-electron chi connectivity index (χ3n) is 6.25. The van der Waals surface area contributed by atoms with Crippen molar-refractivity contribution in [1.29, 1.82) is 0 Å². The van der Waals surface area contributed by atoms with E-state index in [-0.39, 0.29) is 17.9 Å². The summed E-state index contributed by atoms with van der Waals surface area (Å²) in [6, 6.07) is 23.0. The molecule has 0 spiro atoms. The van der Waals surface area contributed by atoms with Crippen molar-refractivity contribution in [2.75, 3.05) is 18.0 Å². The van der Waals surface area contributed by atoms with Gasteiger partial charge in [-0.2, -0.15) is 0 Å². The topological polar surface area (TPSA) is 58.1 Å². The fraction of sp³-hybridized carbons (Fsp3) is 0.370. The van der Waals surface area contributed by atoms with E-state index in [1.807, 2.05) is 24.3 Å². The molecule has 166 valence electrons. The van der Waals surface area contributed by atoms with Gasteiger partial charge in [-0.25, -0.2) is 0 Å². The van der Waals surface area contributed by atoms with Crippen LogP contribution in [0.4, 0.5) is 5.82 Å². The molecule has 1 N–H and O–H groups in total. The molecule has 0 radical (unpaired) electrons. The highest BCUT2D eigenvalue weighted by molar-refractivity contribution is 5.79. The van der Waals surface area contributed by atoms with Crippen LogP contribution in [0.1, 0.15) is 37.3 Å². The third-order valence-corrected chi connectivity index (χ3v) is 6.25. The van der Waals surface area contributed by atoms with Gasteiger partial charge < -0.3 is 10.2 Å². The Kier molecular flexibility index (Phi) is 7.15. The number of carbonyl (C=O) groups excluding carboxylic acids is 1. The van der Waals surface area contributed by atoms with Crippen molar-refractivity contribution in [3.05, 3.63) is 77.9 Å². The highest BCUT2D eigenvalue weighted by Gasteiger charge is 2.26. The van der Waals surface area contributed by atoms with Crippen LogP contribution in [0.5, 0.6) is 0 Å². The quantitative estimate of drug-likeness (QED) is 0.587. The summed E-state index contributed by atoms with van der Waals surface area (Å²) in [5.74, 6) is 1.15. The van der Waals surface area contributed by atoms with Gasteiger partial charge in [0.25, 0.3) is 0 Å². The number of hydrogen-bond donors (Lipinski definition) is 1. The van der Waals surface area contributed by atoms with E-state index in [2.05, 4.69) is 76.7 Å². The molecular formula is C27H32N4O. The second-order valence-corrected chi connectivity index (χ2v) is 8.84. The van der Waals surface area contributed by atoms with E-state index in [0.717, 1.165) is 55.8 Å². The molecule has 1 amide bonds. The normalized spacial score (nSPS) is 15.4. The zero-order valence-corrected chi connectivity index (χ0v) is 19.0. The number of piperidine rings is 1. The molecule has 1 aliphatic rings. The minimum Gasteiger partial charge on any atom is -0.355 e. The van der Waals surface area contributed by atoms with Gasteiger partial charge in [-0.3, -0.25) is 4.79 Å². The van der Waals surface area contributed by atoms with Crippen molar-refractivity contribution in [2.24, 2.45) is 5.92 Å². The van der Waals surface area contributed by atoms with Crippen LogP contribution in [0.15, 0.2) is 66.7 Å². The third kappa shape index (κ3) is 5.72. The molecule has 1 fully saturated rings. The molecule has 0 unspecified atom stereocenters. The molecule has 1 aliphatic heterocycles. The summed E-state index contributed by atoms with van der Waals surface area (Å²) < 4.78 is 0. The van der Waals surface area contributed by atoms with Gasteiger partial charge in [-0.05, 0) is 63.3 Å². The Morgan fingerprint density at radius 2 is 1.81 bits per heavy atom. The average molecular weight is 429 g/mol. The highest BCUT2D eigenvalue weighted by Crippen LogP contribution is 2.24. The standard InChI is InChI=1S/C27H32N4O/c1-20-7-6-10-24(19-20)25-13-14-26(30-29-25)31-17-15-23(16-18-31)27(32)28-21(2)11-12-22-8-4-3-5-9-22/h3-10,13-14,19,21,23H,11-12,15-18H2,1-2H3,(H,28,32)/t21-/m0/s1. The van der Waals surface area contributed by atoms with Crippen LogP contribution >= 0.6 is 0 Å². The Hall–Kier alpha value is -3.21. The van der Waals surface area contributed by atoms with Crippen molar-refractivity contribution in [3.63, 3.8) is 0 Å². The monoisotopic (exact) mass is 428 g/mol. The number of rotatable bonds is 7. The van der Waals surface area contributed by atoms with Gasteiger partial charge in [0, 0.05) is 30.6 Å². The summed E-state index contributed by atoms with van der Waals surface area (Å²) in [5, 5.41) is 12.1. The number of anilines is 1. The Morgan fingerprint density at radius 3 is 2.50 bits per heavy atom. The van der Waals surface area contributed by atoms with Gasteiger partial charge in [0.15, 0.2) is 5.82 Å². The van der Waals surface area contributed by atoms with Gasteiger partial charge >= 0.3 is 0 Å². The van der Waals surface area contributed by atoms with Crippen molar-refractivity contribution in [3.8, 4) is 11.3 Å². The molecule has 32 heavy (non-hydrogen) atoms. The Labute approximate surface area is 190 Å². The molecule has 0 aliphatic carbocycles. The SMILES string of the molecule is Cc1cccc(-c2ccc(N3CCC(C(=O)N[C@@H](C)CCc4ccccc4)CC3)nn2)c1. The summed E-state index contributed by atoms with van der Waals surface area (Å²) in [5.41, 5.74) is 4.50. The van der Waals surface area contributed by atoms with Crippen molar-refractivity contribution in [2.45, 2.75) is 45.6 Å². The zero-order valence-electron chi connectivity index (χ0n) is 19.0. The van der Waals surface area contributed by atoms with E-state index in [1.165, 1.54) is 11.1 Å². The Balaban J connectivity index is 1.25. The number of aryl methyl sites for hydroxylation is 2. The molecular weight excluding hydrogens is 396 g/mol. The fourth-order valence-corrected chi connectivity index (χ4v) is 4.28. The van der Waals surface area contributed by atoms with Gasteiger partial charge in [-0.15, -0.1) is 10.2 Å². The van der Waals surface area contributed by atoms with Crippen LogP contribution in [0.2, 0.25) is 0 Å². The predicted octanol–water partition coefficient (Wildman–Crippen LogP) is 4.81. The molecule has 5 heteroatoms. The van der Waals surface area contributed by atoms with Gasteiger partial charge in [0.1, 0.15) is 0 Å². The van der Waals surface area contributed by atoms with E-state index >= 15 is 0 Å². The van der Waals surface area contributed by atoms with Crippen molar-refractivity contribution < 1.29 is 4.79 Å². The van der Waals surface area contributed by atoms with Gasteiger partial charge in [-0.1, -0.05) is 54.1 Å². The summed E-state index contributed by atoms with van der Waals surface area (Å²) in [7, 11) is 0. The second-order valence-electron chi connectivity index (χ2n) is 8.84. The lowest BCUT2D eigenvalue weighted by molar-refractivity contribution is -0.126. The van der Waals surface area contributed by atoms with Crippen LogP contribution in [0.25, 0.3) is 11.3 Å². The first kappa shape index (κ1) is 22.0. The maximum atomic E-state index is 12.7. The van der Waals surface area contributed by atoms with Gasteiger partial charge in [0.2, 0.25) is 5.91 Å². The largest absolute Gasteiger partial charge is 0.355 e. The van der Waals surface area contributed by atoms with Crippen LogP contribution in [0.3, 0.4) is 0 Å². The predicted molar refractivity (Wildman–Crippen MR) is 130 cm³/mol. The number of nitrogens with zero attached hydrogens (tertiary/aromatic N) is 3. The maximum absolute atomic E-state index is 12.7. The summed E-state index contributed by atoms with van der Waals surface area (Å²) >= 11 is 0. The average Bonchev–Trinajstić information content (AvgIpc) is 2.83. The van der Waals surface area contributed by atoms with Crippen LogP contribution in [0, 0.1) is 12.8 Å². The van der Waals surface area contributed by atoms with Crippen LogP contribution in [-0.2, 0) is 11.2 Å². The molecule has 5 nitrogen and oxygen atoms in total. The van der Waals surface area contributed by atoms with E-state index in [0.29, 0.717) is 0 Å². The molecule has 1 saturated heterocycles. The number of amides is 1. The molecule has 2 aromatic carbocycles. The van der Waals surface area contributed by atoms with Crippen LogP contribution in [-0.4, -0.2) is 35.2 Å². The van der Waals surface area contributed by atoms with Gasteiger partial charge in [0.05, 0.1) is 5.69 Å². The molecule has 0 saturated carbocycles. The number of nitrogens with one attached hydrogen (secondary N) is 1. The number of carbonyl (C=O) groups is 1. The lowest BCUT2D eigenvalue weighted by Gasteiger charge is -2.32. The van der Waals surface area contributed by atoms with E-state index < -0.39 is 0 Å². The molecule has 1 atom stereocenters. The molecule has 3 aromatic rings. The highest BCUT2D eigenvalue weighted by atomic mass is 16.1. The molecule has 1 aromatic heterocycles. The van der Waals surface area contributed by atoms with E-state index in [1.54, 1.807) is 0 Å². The van der Waals surface area contributed by atoms with E-state index in [4.69, 9.17) is 0 Å². The fourth-order valence-electron chi connectivity index (χ4n) is 4.28. The first-order valence-corrected chi connectivity index (χ1v) is 11.6. The lowest BCUT2D eigenvalue weighted by atomic mass is 9.95. The van der Waals surface area contributed by atoms with E-state index in [9.17, 15) is 4.79 Å². The Morgan fingerprint density at radius 1 is 1.03 bits per heavy atom. The van der Waals surface area contributed by atoms with Crippen LogP contribution < -0.4 is 10.2 Å². The minimum atomic E-state index is 0.0740. The lowest BCUT2D eigenvalue weighted by Crippen LogP contribution is -2.43. The summed E-state index contributed by atoms with van der Waals surface area (Å²) in [4.78, 5) is 15.0. The molecule has 0 bridgehead atoms. The Bertz CT molecular complexity index is 1010. The smallest absolute Gasteiger partial charge is 0.223 e. The number of benzene rings is 2. The first-order valence-electron chi connectivity index (χ1n) is 11.6. The summed E-state index contributed by atoms with van der Waals surface area (Å²) in [6.45, 7) is 5.83. The minimum absolute atomic E-state index is 0.0740. The molecule has 2 heterocycles. The second kappa shape index (κ2) is 10.4. The number of hydrogen-bond acceptors (Lipinski definition) is 4. The number of aromatic nitrogens is 2. The maximum Gasteiger partial charge on any atom is 0.223 e. The molecule has 4 rings (SSSR count). The van der Waals surface area contributed by atoms with Crippen molar-refractivity contribution in [1.82, 2.24) is 15.5 Å². The van der Waals surface area contributed by atoms with Crippen molar-refractivity contribution >= 4 is 11.7 Å².